The average molecular weight is 393 g/mol. The lowest BCUT2D eigenvalue weighted by molar-refractivity contribution is 0.580. The highest BCUT2D eigenvalue weighted by Crippen LogP contribution is 2.09. The molecule has 2 aromatic carbocycles. The summed E-state index contributed by atoms with van der Waals surface area (Å²) >= 11 is 0. The lowest BCUT2D eigenvalue weighted by Crippen LogP contribution is -2.41. The second-order valence-corrected chi connectivity index (χ2v) is 7.69. The molecule has 0 saturated heterocycles. The van der Waals surface area contributed by atoms with Crippen LogP contribution in [0, 0.1) is 12.7 Å². The van der Waals surface area contributed by atoms with E-state index in [1.54, 1.807) is 42.5 Å². The number of hydrogen-bond acceptors (Lipinski definition) is 3. The Bertz CT molecular complexity index is 868. The highest BCUT2D eigenvalue weighted by molar-refractivity contribution is 7.89. The maximum atomic E-state index is 13.7. The van der Waals surface area contributed by atoms with Crippen molar-refractivity contribution in [1.82, 2.24) is 15.4 Å². The molecular formula is C19H25FN4O2S. The smallest absolute Gasteiger partial charge is 0.240 e. The number of nitrogens with one attached hydrogen (secondary N) is 3. The Kier molecular flexibility index (Phi) is 7.75. The molecule has 6 nitrogen and oxygen atoms in total. The molecule has 0 aromatic heterocycles. The minimum Gasteiger partial charge on any atom is -0.357 e. The fourth-order valence-electron chi connectivity index (χ4n) is 2.30. The van der Waals surface area contributed by atoms with E-state index in [9.17, 15) is 12.8 Å². The van der Waals surface area contributed by atoms with Crippen molar-refractivity contribution in [3.05, 3.63) is 65.5 Å². The fraction of sp³-hybridized carbons (Fsp3) is 0.316. The molecule has 0 radical (unpaired) electrons. The average Bonchev–Trinajstić information content (AvgIpc) is 2.64. The third-order valence-electron chi connectivity index (χ3n) is 3.75. The van der Waals surface area contributed by atoms with E-state index >= 15 is 0 Å². The lowest BCUT2D eigenvalue weighted by atomic mass is 10.2. The van der Waals surface area contributed by atoms with Crippen LogP contribution in [0.2, 0.25) is 0 Å². The van der Waals surface area contributed by atoms with Crippen molar-refractivity contribution >= 4 is 16.0 Å². The summed E-state index contributed by atoms with van der Waals surface area (Å²) in [6, 6.07) is 13.1. The number of sulfonamides is 1. The van der Waals surface area contributed by atoms with Crippen LogP contribution in [0.5, 0.6) is 0 Å². The van der Waals surface area contributed by atoms with E-state index in [-0.39, 0.29) is 23.8 Å². The van der Waals surface area contributed by atoms with Gasteiger partial charge in [-0.2, -0.15) is 0 Å². The first kappa shape index (κ1) is 20.9. The number of aryl methyl sites for hydroxylation is 1. The Labute approximate surface area is 160 Å². The summed E-state index contributed by atoms with van der Waals surface area (Å²) in [4.78, 5) is 4.55. The van der Waals surface area contributed by atoms with Gasteiger partial charge in [0, 0.05) is 25.2 Å². The van der Waals surface area contributed by atoms with Crippen LogP contribution in [0.15, 0.2) is 58.4 Å². The Morgan fingerprint density at radius 1 is 1.04 bits per heavy atom. The second kappa shape index (κ2) is 10.0. The van der Waals surface area contributed by atoms with Crippen molar-refractivity contribution in [2.24, 2.45) is 4.99 Å². The quantitative estimate of drug-likeness (QED) is 0.365. The number of hydrogen-bond donors (Lipinski definition) is 3. The zero-order valence-electron chi connectivity index (χ0n) is 15.5. The van der Waals surface area contributed by atoms with Gasteiger partial charge in [0.05, 0.1) is 11.4 Å². The van der Waals surface area contributed by atoms with Crippen LogP contribution in [0.4, 0.5) is 4.39 Å². The molecule has 0 fully saturated rings. The molecule has 0 unspecified atom stereocenters. The minimum atomic E-state index is -3.55. The summed E-state index contributed by atoms with van der Waals surface area (Å²) in [5.41, 5.74) is 1.49. The number of rotatable bonds is 8. The first-order valence-corrected chi connectivity index (χ1v) is 10.2. The fourth-order valence-corrected chi connectivity index (χ4v) is 3.33. The van der Waals surface area contributed by atoms with Crippen molar-refractivity contribution < 1.29 is 12.8 Å². The molecule has 0 bridgehead atoms. The highest BCUT2D eigenvalue weighted by Gasteiger charge is 2.12. The molecule has 0 heterocycles. The molecule has 0 aliphatic heterocycles. The summed E-state index contributed by atoms with van der Waals surface area (Å²) < 4.78 is 40.7. The summed E-state index contributed by atoms with van der Waals surface area (Å²) in [5, 5.41) is 6.08. The molecule has 3 N–H and O–H groups in total. The van der Waals surface area contributed by atoms with E-state index in [1.807, 2.05) is 13.8 Å². The van der Waals surface area contributed by atoms with Crippen molar-refractivity contribution in [1.29, 1.82) is 0 Å². The number of guanidine groups is 1. The summed E-state index contributed by atoms with van der Waals surface area (Å²) in [6.07, 6.45) is 0. The van der Waals surface area contributed by atoms with Gasteiger partial charge in [-0.25, -0.2) is 22.5 Å². The van der Waals surface area contributed by atoms with Gasteiger partial charge in [0.25, 0.3) is 0 Å². The van der Waals surface area contributed by atoms with E-state index in [4.69, 9.17) is 0 Å². The predicted molar refractivity (Wildman–Crippen MR) is 106 cm³/mol. The molecule has 0 saturated carbocycles. The van der Waals surface area contributed by atoms with Gasteiger partial charge in [-0.05, 0) is 32.0 Å². The third kappa shape index (κ3) is 6.65. The van der Waals surface area contributed by atoms with Crippen LogP contribution in [-0.2, 0) is 16.6 Å². The first-order valence-electron chi connectivity index (χ1n) is 8.74. The Morgan fingerprint density at radius 3 is 2.41 bits per heavy atom. The topological polar surface area (TPSA) is 82.6 Å². The van der Waals surface area contributed by atoms with Gasteiger partial charge >= 0.3 is 0 Å². The normalized spacial score (nSPS) is 12.0. The van der Waals surface area contributed by atoms with Crippen LogP contribution in [-0.4, -0.2) is 34.0 Å². The maximum absolute atomic E-state index is 13.7. The van der Waals surface area contributed by atoms with Crippen molar-refractivity contribution in [2.75, 3.05) is 19.6 Å². The SMILES string of the molecule is CCNC(=NCc1ccccc1F)NCCNS(=O)(=O)c1ccc(C)cc1. The summed E-state index contributed by atoms with van der Waals surface area (Å²) in [7, 11) is -3.55. The van der Waals surface area contributed by atoms with Gasteiger partial charge in [-0.15, -0.1) is 0 Å². The molecule has 0 atom stereocenters. The molecule has 0 aliphatic rings. The van der Waals surface area contributed by atoms with Gasteiger partial charge in [-0.3, -0.25) is 0 Å². The summed E-state index contributed by atoms with van der Waals surface area (Å²) in [6.45, 7) is 5.18. The molecular weight excluding hydrogens is 367 g/mol. The predicted octanol–water partition coefficient (Wildman–Crippen LogP) is 2.17. The Hall–Kier alpha value is -2.45. The number of aliphatic imine (C=N–C) groups is 1. The Morgan fingerprint density at radius 2 is 1.74 bits per heavy atom. The van der Waals surface area contributed by atoms with Crippen molar-refractivity contribution in [3.8, 4) is 0 Å². The maximum Gasteiger partial charge on any atom is 0.240 e. The zero-order valence-corrected chi connectivity index (χ0v) is 16.3. The largest absolute Gasteiger partial charge is 0.357 e. The molecule has 8 heteroatoms. The molecule has 0 aliphatic carbocycles. The van der Waals surface area contributed by atoms with E-state index in [0.717, 1.165) is 5.56 Å². The van der Waals surface area contributed by atoms with Gasteiger partial charge < -0.3 is 10.6 Å². The minimum absolute atomic E-state index is 0.192. The molecule has 146 valence electrons. The van der Waals surface area contributed by atoms with Crippen LogP contribution in [0.3, 0.4) is 0 Å². The van der Waals surface area contributed by atoms with Crippen LogP contribution in [0.25, 0.3) is 0 Å². The van der Waals surface area contributed by atoms with Gasteiger partial charge in [-0.1, -0.05) is 35.9 Å². The monoisotopic (exact) mass is 392 g/mol. The van der Waals surface area contributed by atoms with E-state index in [1.165, 1.54) is 6.07 Å². The van der Waals surface area contributed by atoms with E-state index < -0.39 is 10.0 Å². The van der Waals surface area contributed by atoms with Gasteiger partial charge in [0.2, 0.25) is 10.0 Å². The van der Waals surface area contributed by atoms with Gasteiger partial charge in [0.1, 0.15) is 5.82 Å². The van der Waals surface area contributed by atoms with Crippen molar-refractivity contribution in [3.63, 3.8) is 0 Å². The first-order chi connectivity index (χ1) is 12.9. The third-order valence-corrected chi connectivity index (χ3v) is 5.23. The molecule has 27 heavy (non-hydrogen) atoms. The highest BCUT2D eigenvalue weighted by atomic mass is 32.2. The lowest BCUT2D eigenvalue weighted by Gasteiger charge is -2.12. The second-order valence-electron chi connectivity index (χ2n) is 5.92. The van der Waals surface area contributed by atoms with E-state index in [2.05, 4.69) is 20.3 Å². The van der Waals surface area contributed by atoms with Crippen LogP contribution < -0.4 is 15.4 Å². The van der Waals surface area contributed by atoms with Gasteiger partial charge in [0.15, 0.2) is 5.96 Å². The van der Waals surface area contributed by atoms with Crippen LogP contribution in [0.1, 0.15) is 18.1 Å². The molecule has 2 rings (SSSR count). The van der Waals surface area contributed by atoms with Crippen molar-refractivity contribution in [2.45, 2.75) is 25.3 Å². The molecule has 0 amide bonds. The number of nitrogens with zero attached hydrogens (tertiary/aromatic N) is 1. The number of benzene rings is 2. The molecule has 2 aromatic rings. The number of halogens is 1. The molecule has 0 spiro atoms. The standard InChI is InChI=1S/C19H25FN4O2S/c1-3-21-19(23-14-16-6-4-5-7-18(16)20)22-12-13-24-27(25,26)17-10-8-15(2)9-11-17/h4-11,24H,3,12-14H2,1-2H3,(H2,21,22,23). The zero-order chi connectivity index (χ0) is 19.7. The summed E-state index contributed by atoms with van der Waals surface area (Å²) in [5.74, 6) is 0.193. The van der Waals surface area contributed by atoms with E-state index in [0.29, 0.717) is 24.6 Å². The van der Waals surface area contributed by atoms with Crippen LogP contribution >= 0.6 is 0 Å². The Balaban J connectivity index is 1.87.